The molecule has 0 aromatic heterocycles. The van der Waals surface area contributed by atoms with Gasteiger partial charge in [0, 0.05) is 19.5 Å². The van der Waals surface area contributed by atoms with Gasteiger partial charge in [-0.3, -0.25) is 4.79 Å². The number of aldehydes is 1. The lowest BCUT2D eigenvalue weighted by Crippen LogP contribution is -2.32. The fourth-order valence-corrected chi connectivity index (χ4v) is 6.04. The average Bonchev–Trinajstić information content (AvgIpc) is 3.52. The summed E-state index contributed by atoms with van der Waals surface area (Å²) in [7, 11) is 0.172. The van der Waals surface area contributed by atoms with Crippen LogP contribution in [0.4, 0.5) is 0 Å². The van der Waals surface area contributed by atoms with Gasteiger partial charge in [-0.1, -0.05) is 0 Å². The number of carbonyl (C=O) groups excluding carboxylic acids is 3. The first kappa shape index (κ1) is 83.8. The van der Waals surface area contributed by atoms with E-state index >= 15 is 0 Å². The Hall–Kier alpha value is -2.17. The van der Waals surface area contributed by atoms with Crippen molar-refractivity contribution in [2.24, 2.45) is 5.73 Å². The molecule has 1 amide bonds. The van der Waals surface area contributed by atoms with E-state index in [2.05, 4.69) is 10.5 Å². The van der Waals surface area contributed by atoms with Gasteiger partial charge in [-0.2, -0.15) is 0 Å². The Morgan fingerprint density at radius 3 is 0.593 bits per heavy atom. The molecule has 31 heteroatoms. The first-order chi connectivity index (χ1) is 42.7. The van der Waals surface area contributed by atoms with Gasteiger partial charge >= 0.3 is 0 Å². The molecule has 0 atom stereocenters. The maximum Gasteiger partial charge on any atom is 0.283 e. The molecule has 0 aliphatic heterocycles. The van der Waals surface area contributed by atoms with E-state index in [4.69, 9.17) is 119 Å². The third-order valence-corrected chi connectivity index (χ3v) is 10.4. The van der Waals surface area contributed by atoms with Gasteiger partial charge in [-0.05, 0) is 0 Å². The number of nitrogens with one attached hydrogen (secondary N) is 2. The largest absolute Gasteiger partial charge is 0.379 e. The van der Waals surface area contributed by atoms with Crippen LogP contribution in [0.3, 0.4) is 0 Å². The van der Waals surface area contributed by atoms with Gasteiger partial charge in [0.05, 0.1) is 324 Å². The van der Waals surface area contributed by atoms with Gasteiger partial charge in [0.25, 0.3) is 7.41 Å². The van der Waals surface area contributed by atoms with Crippen molar-refractivity contribution in [2.75, 3.05) is 337 Å². The monoisotopic (exact) mass is 1260 g/mol. The van der Waals surface area contributed by atoms with Gasteiger partial charge in [0.2, 0.25) is 5.91 Å². The molecule has 0 aromatic rings. The van der Waals surface area contributed by atoms with Crippen molar-refractivity contribution in [2.45, 2.75) is 6.42 Å². The molecule has 0 aliphatic rings. The Labute approximate surface area is 511 Å². The van der Waals surface area contributed by atoms with Crippen LogP contribution < -0.4 is 16.3 Å². The minimum Gasteiger partial charge on any atom is -0.379 e. The van der Waals surface area contributed by atoms with Crippen LogP contribution in [0, 0.1) is 0 Å². The van der Waals surface area contributed by atoms with Crippen LogP contribution in [0.2, 0.25) is 0 Å². The molecule has 0 spiro atoms. The zero-order valence-electron chi connectivity index (χ0n) is 51.7. The first-order valence-electron chi connectivity index (χ1n) is 30.2. The molecule has 0 heterocycles. The van der Waals surface area contributed by atoms with E-state index in [1.807, 2.05) is 0 Å². The minimum atomic E-state index is -0.203. The molecular formula is C55H110BN3O27. The fraction of sp³-hybridized carbons (Fsp3) is 0.945. The molecule has 0 saturated carbocycles. The third-order valence-electron chi connectivity index (χ3n) is 10.4. The van der Waals surface area contributed by atoms with E-state index < -0.39 is 0 Å². The van der Waals surface area contributed by atoms with Crippen LogP contribution in [0.25, 0.3) is 0 Å². The molecule has 30 nitrogen and oxygen atoms in total. The molecule has 0 aliphatic carbocycles. The van der Waals surface area contributed by atoms with Crippen LogP contribution in [0.1, 0.15) is 6.42 Å². The predicted octanol–water partition coefficient (Wildman–Crippen LogP) is -2.48. The van der Waals surface area contributed by atoms with Crippen LogP contribution in [-0.4, -0.2) is 362 Å². The standard InChI is InChI=1S/C55H110BN3O27/c57-53-55(62)58-3-6-64-8-10-66-12-14-68-16-18-70-20-22-72-24-26-74-28-30-76-32-34-78-36-38-80-40-42-82-44-46-84-48-50-86-52-51-85-49-47-83-45-43-81-41-39-79-37-35-77-33-31-75-29-27-73-25-23-71-21-19-69-17-15-67-13-11-65-9-7-63-5-1-54(61)56-59-2-4-60/h4,56,59H,1-3,5-53,57H2,(H,58,62). The summed E-state index contributed by atoms with van der Waals surface area (Å²) < 4.78 is 132. The number of ether oxygens (including phenoxy) is 24. The first-order valence-corrected chi connectivity index (χ1v) is 30.2. The molecule has 0 bridgehead atoms. The molecule has 0 radical (unpaired) electrons. The van der Waals surface area contributed by atoms with E-state index in [-0.39, 0.29) is 32.1 Å². The van der Waals surface area contributed by atoms with Gasteiger partial charge in [-0.25, -0.2) is 0 Å². The summed E-state index contributed by atoms with van der Waals surface area (Å²) in [4.78, 5) is 32.7. The minimum absolute atomic E-state index is 0.000738. The molecule has 0 fully saturated rings. The predicted molar refractivity (Wildman–Crippen MR) is 313 cm³/mol. The Kier molecular flexibility index (Phi) is 76.9. The summed E-state index contributed by atoms with van der Waals surface area (Å²) in [5.41, 5.74) is 5.20. The van der Waals surface area contributed by atoms with Gasteiger partial charge in [-0.15, -0.1) is 0 Å². The fourth-order valence-electron chi connectivity index (χ4n) is 6.04. The van der Waals surface area contributed by atoms with E-state index in [9.17, 15) is 14.4 Å². The second-order valence-corrected chi connectivity index (χ2v) is 17.3. The quantitative estimate of drug-likeness (QED) is 0.0322. The lowest BCUT2D eigenvalue weighted by Gasteiger charge is -2.09. The van der Waals surface area contributed by atoms with Crippen molar-refractivity contribution >= 4 is 25.3 Å². The maximum absolute atomic E-state index is 11.5. The second-order valence-electron chi connectivity index (χ2n) is 17.3. The maximum atomic E-state index is 11.5. The molecule has 0 saturated heterocycles. The molecule has 86 heavy (non-hydrogen) atoms. The van der Waals surface area contributed by atoms with Crippen molar-refractivity contribution in [1.29, 1.82) is 0 Å². The summed E-state index contributed by atoms with van der Waals surface area (Å²) in [6.45, 7) is 23.0. The topological polar surface area (TPSA) is 323 Å². The van der Waals surface area contributed by atoms with Crippen LogP contribution in [-0.2, 0) is 128 Å². The third kappa shape index (κ3) is 77.9. The Balaban J connectivity index is 3.10. The highest BCUT2D eigenvalue weighted by Gasteiger charge is 2.05. The zero-order valence-corrected chi connectivity index (χ0v) is 51.7. The number of nitrogens with two attached hydrogens (primary N) is 1. The number of rotatable bonds is 80. The van der Waals surface area contributed by atoms with Crippen LogP contribution in [0.15, 0.2) is 0 Å². The van der Waals surface area contributed by atoms with Crippen LogP contribution >= 0.6 is 0 Å². The zero-order chi connectivity index (χ0) is 61.7. The Bertz CT molecular complexity index is 1320. The van der Waals surface area contributed by atoms with Gasteiger partial charge in [0.1, 0.15) is 12.0 Å². The van der Waals surface area contributed by atoms with Gasteiger partial charge in [0.15, 0.2) is 0 Å². The lowest BCUT2D eigenvalue weighted by molar-refractivity contribution is -0.120. The van der Waals surface area contributed by atoms with E-state index in [1.165, 1.54) is 0 Å². The van der Waals surface area contributed by atoms with E-state index in [0.29, 0.717) is 336 Å². The normalized spacial score (nSPS) is 11.5. The van der Waals surface area contributed by atoms with E-state index in [1.54, 1.807) is 0 Å². The van der Waals surface area contributed by atoms with Crippen LogP contribution in [0.5, 0.6) is 0 Å². The van der Waals surface area contributed by atoms with Crippen molar-refractivity contribution in [3.63, 3.8) is 0 Å². The summed E-state index contributed by atoms with van der Waals surface area (Å²) >= 11 is 0. The van der Waals surface area contributed by atoms with E-state index in [0.717, 1.165) is 0 Å². The summed E-state index contributed by atoms with van der Waals surface area (Å²) in [6, 6.07) is 0. The molecular weight excluding hydrogens is 1150 g/mol. The highest BCUT2D eigenvalue weighted by atomic mass is 16.6. The number of hydrogen-bond acceptors (Lipinski definition) is 29. The van der Waals surface area contributed by atoms with Crippen molar-refractivity contribution < 1.29 is 128 Å². The molecule has 510 valence electrons. The Morgan fingerprint density at radius 1 is 0.267 bits per heavy atom. The van der Waals surface area contributed by atoms with Crippen molar-refractivity contribution in [1.82, 2.24) is 10.5 Å². The molecule has 0 unspecified atom stereocenters. The second kappa shape index (κ2) is 78.9. The average molecular weight is 1260 g/mol. The van der Waals surface area contributed by atoms with Crippen molar-refractivity contribution in [3.8, 4) is 0 Å². The number of amides is 1. The smallest absolute Gasteiger partial charge is 0.283 e. The molecule has 0 rings (SSSR count). The van der Waals surface area contributed by atoms with Gasteiger partial charge < -0.3 is 140 Å². The number of hydrogen-bond donors (Lipinski definition) is 3. The molecule has 0 aromatic carbocycles. The summed E-state index contributed by atoms with van der Waals surface area (Å²) in [5, 5.41) is 5.34. The highest BCUT2D eigenvalue weighted by molar-refractivity contribution is 6.72. The Morgan fingerprint density at radius 2 is 0.430 bits per heavy atom. The van der Waals surface area contributed by atoms with Crippen molar-refractivity contribution in [3.05, 3.63) is 0 Å². The SMILES string of the molecule is NCC(=O)NCCOCCOCCOCCOCCOCCOCCOCCOCCOCCOCCOCCOCCOCCOCCOCCOCCOCCOCCOCCOCCOCCOCCOCCOCCC(=O)BNCC=O. The molecule has 4 N–H and O–H groups in total. The summed E-state index contributed by atoms with van der Waals surface area (Å²) in [6.07, 6.45) is 1.02. The number of carbonyl (C=O) groups is 3. The summed E-state index contributed by atoms with van der Waals surface area (Å²) in [5.74, 6) is -0.203. The highest BCUT2D eigenvalue weighted by Crippen LogP contribution is 1.92. The lowest BCUT2D eigenvalue weighted by atomic mass is 9.85.